The number of benzene rings is 2. The van der Waals surface area contributed by atoms with Crippen molar-refractivity contribution in [3.05, 3.63) is 70.6 Å². The number of hydrogen-bond donors (Lipinski definition) is 0. The summed E-state index contributed by atoms with van der Waals surface area (Å²) in [4.78, 5) is 38.5. The molecule has 2 amide bonds. The van der Waals surface area contributed by atoms with Gasteiger partial charge in [-0.2, -0.15) is 5.26 Å². The second-order valence-corrected chi connectivity index (χ2v) is 5.83. The Hall–Kier alpha value is -3.33. The summed E-state index contributed by atoms with van der Waals surface area (Å²) in [6.07, 6.45) is 0.272. The van der Waals surface area contributed by atoms with Gasteiger partial charge in [0.25, 0.3) is 6.04 Å². The zero-order valence-corrected chi connectivity index (χ0v) is 13.5. The van der Waals surface area contributed by atoms with Crippen molar-refractivity contribution >= 4 is 17.5 Å². The predicted octanol–water partition coefficient (Wildman–Crippen LogP) is 2.21. The number of amides is 2. The van der Waals surface area contributed by atoms with Crippen molar-refractivity contribution in [3.8, 4) is 6.07 Å². The van der Waals surface area contributed by atoms with Gasteiger partial charge in [0.15, 0.2) is 0 Å². The van der Waals surface area contributed by atoms with E-state index in [0.717, 1.165) is 5.56 Å². The minimum atomic E-state index is -0.994. The van der Waals surface area contributed by atoms with Crippen LogP contribution in [0.1, 0.15) is 17.5 Å². The fourth-order valence-electron chi connectivity index (χ4n) is 2.88. The maximum atomic E-state index is 12.5. The Morgan fingerprint density at radius 1 is 1.16 bits per heavy atom. The van der Waals surface area contributed by atoms with Gasteiger partial charge < -0.3 is 4.90 Å². The number of nitroso groups, excluding NO2 is 1. The van der Waals surface area contributed by atoms with Gasteiger partial charge in [-0.05, 0) is 29.8 Å². The standard InChI is InChI=1S/C19H16N3O3/c20-13-15-6-8-16(9-7-15)21-11-10-17(19(21)24)22(25)18(23)12-14-4-2-1-3-5-14/h1-9,17H,10-12H2/q+1/t17-/m0/s1. The van der Waals surface area contributed by atoms with Crippen LogP contribution >= 0.6 is 0 Å². The van der Waals surface area contributed by atoms with Gasteiger partial charge in [0, 0.05) is 23.6 Å². The molecule has 1 fully saturated rings. The zero-order valence-electron chi connectivity index (χ0n) is 13.5. The minimum Gasteiger partial charge on any atom is -0.306 e. The van der Waals surface area contributed by atoms with Crippen molar-refractivity contribution < 1.29 is 14.3 Å². The fraction of sp³-hybridized carbons (Fsp3) is 0.211. The van der Waals surface area contributed by atoms with Crippen LogP contribution in [0.2, 0.25) is 0 Å². The highest BCUT2D eigenvalue weighted by Crippen LogP contribution is 2.23. The van der Waals surface area contributed by atoms with Crippen molar-refractivity contribution in [2.24, 2.45) is 0 Å². The van der Waals surface area contributed by atoms with E-state index in [1.807, 2.05) is 12.1 Å². The summed E-state index contributed by atoms with van der Waals surface area (Å²) >= 11 is 0. The molecule has 124 valence electrons. The molecule has 1 heterocycles. The molecule has 0 radical (unpaired) electrons. The van der Waals surface area contributed by atoms with E-state index in [9.17, 15) is 14.5 Å². The number of hydrogen-bond acceptors (Lipinski definition) is 4. The van der Waals surface area contributed by atoms with Crippen LogP contribution in [-0.4, -0.2) is 29.2 Å². The van der Waals surface area contributed by atoms with E-state index in [1.165, 1.54) is 4.90 Å². The third kappa shape index (κ3) is 3.45. The van der Waals surface area contributed by atoms with Crippen LogP contribution < -0.4 is 4.90 Å². The van der Waals surface area contributed by atoms with Crippen LogP contribution in [0.3, 0.4) is 0 Å². The van der Waals surface area contributed by atoms with Gasteiger partial charge in [-0.1, -0.05) is 30.3 Å². The quantitative estimate of drug-likeness (QED) is 0.803. The van der Waals surface area contributed by atoms with Crippen LogP contribution in [0.5, 0.6) is 0 Å². The summed E-state index contributed by atoms with van der Waals surface area (Å²) in [6.45, 7) is 0.368. The molecule has 0 aromatic heterocycles. The van der Waals surface area contributed by atoms with Crippen molar-refractivity contribution in [1.29, 1.82) is 5.26 Å². The average molecular weight is 334 g/mol. The molecule has 0 saturated carbocycles. The molecule has 0 bridgehead atoms. The molecule has 1 aliphatic rings. The minimum absolute atomic E-state index is 0.0228. The monoisotopic (exact) mass is 334 g/mol. The Bertz CT molecular complexity index is 854. The average Bonchev–Trinajstić information content (AvgIpc) is 3.03. The van der Waals surface area contributed by atoms with Gasteiger partial charge in [-0.15, -0.1) is 0 Å². The third-order valence-electron chi connectivity index (χ3n) is 4.21. The largest absolute Gasteiger partial charge is 0.438 e. The SMILES string of the molecule is N#Cc1ccc(N2CC[C@H]([N+](=O)C(=O)Cc3ccccc3)C2=O)cc1. The van der Waals surface area contributed by atoms with E-state index in [-0.39, 0.29) is 12.3 Å². The van der Waals surface area contributed by atoms with Crippen LogP contribution in [0.15, 0.2) is 54.6 Å². The van der Waals surface area contributed by atoms with Crippen molar-refractivity contribution in [2.45, 2.75) is 18.9 Å². The zero-order chi connectivity index (χ0) is 17.8. The van der Waals surface area contributed by atoms with Crippen molar-refractivity contribution in [3.63, 3.8) is 0 Å². The third-order valence-corrected chi connectivity index (χ3v) is 4.21. The summed E-state index contributed by atoms with van der Waals surface area (Å²) in [5.74, 6) is -1.01. The molecular weight excluding hydrogens is 318 g/mol. The molecule has 3 rings (SSSR count). The molecule has 2 aromatic carbocycles. The molecule has 1 aliphatic heterocycles. The highest BCUT2D eigenvalue weighted by Gasteiger charge is 2.46. The lowest BCUT2D eigenvalue weighted by Gasteiger charge is -2.14. The molecule has 25 heavy (non-hydrogen) atoms. The summed E-state index contributed by atoms with van der Waals surface area (Å²) in [7, 11) is 0. The first-order chi connectivity index (χ1) is 12.1. The lowest BCUT2D eigenvalue weighted by Crippen LogP contribution is -2.38. The first-order valence-corrected chi connectivity index (χ1v) is 7.95. The second-order valence-electron chi connectivity index (χ2n) is 5.83. The van der Waals surface area contributed by atoms with Crippen LogP contribution in [0.25, 0.3) is 0 Å². The molecule has 1 saturated heterocycles. The summed E-state index contributed by atoms with van der Waals surface area (Å²) < 4.78 is 0.305. The number of rotatable bonds is 4. The lowest BCUT2D eigenvalue weighted by atomic mass is 10.1. The molecule has 1 atom stereocenters. The number of nitriles is 1. The number of nitrogens with zero attached hydrogens (tertiary/aromatic N) is 3. The molecule has 0 unspecified atom stereocenters. The fourth-order valence-corrected chi connectivity index (χ4v) is 2.88. The first-order valence-electron chi connectivity index (χ1n) is 7.95. The van der Waals surface area contributed by atoms with Gasteiger partial charge in [0.2, 0.25) is 0 Å². The van der Waals surface area contributed by atoms with Gasteiger partial charge in [-0.3, -0.25) is 4.79 Å². The second kappa shape index (κ2) is 7.05. The first kappa shape index (κ1) is 16.5. The van der Waals surface area contributed by atoms with E-state index < -0.39 is 11.9 Å². The van der Waals surface area contributed by atoms with Crippen LogP contribution in [-0.2, 0) is 16.0 Å². The normalized spacial score (nSPS) is 16.5. The highest BCUT2D eigenvalue weighted by molar-refractivity contribution is 5.99. The van der Waals surface area contributed by atoms with Crippen LogP contribution in [0.4, 0.5) is 5.69 Å². The Morgan fingerprint density at radius 2 is 1.84 bits per heavy atom. The Balaban J connectivity index is 1.69. The van der Waals surface area contributed by atoms with Crippen molar-refractivity contribution in [2.75, 3.05) is 11.4 Å². The Kier molecular flexibility index (Phi) is 4.66. The number of carbonyl (C=O) groups excluding carboxylic acids is 2. The molecule has 0 spiro atoms. The number of anilines is 1. The summed E-state index contributed by atoms with van der Waals surface area (Å²) in [6, 6.07) is 16.6. The molecule has 6 heteroatoms. The van der Waals surface area contributed by atoms with Gasteiger partial charge >= 0.3 is 11.8 Å². The Morgan fingerprint density at radius 3 is 2.48 bits per heavy atom. The maximum absolute atomic E-state index is 12.5. The smallest absolute Gasteiger partial charge is 0.306 e. The molecule has 0 aliphatic carbocycles. The van der Waals surface area contributed by atoms with E-state index in [2.05, 4.69) is 0 Å². The summed E-state index contributed by atoms with van der Waals surface area (Å²) in [5, 5.41) is 8.83. The predicted molar refractivity (Wildman–Crippen MR) is 90.7 cm³/mol. The molecule has 0 N–H and O–H groups in total. The number of carbonyl (C=O) groups is 2. The molecular formula is C19H16N3O3+. The maximum Gasteiger partial charge on any atom is 0.438 e. The molecule has 2 aromatic rings. The molecule has 6 nitrogen and oxygen atoms in total. The lowest BCUT2D eigenvalue weighted by molar-refractivity contribution is -0.492. The van der Waals surface area contributed by atoms with Gasteiger partial charge in [0.1, 0.15) is 6.42 Å². The summed E-state index contributed by atoms with van der Waals surface area (Å²) in [5.41, 5.74) is 1.86. The van der Waals surface area contributed by atoms with Crippen molar-refractivity contribution in [1.82, 2.24) is 0 Å². The Labute approximate surface area is 144 Å². The topological polar surface area (TPSA) is 81.2 Å². The van der Waals surface area contributed by atoms with Gasteiger partial charge in [-0.25, -0.2) is 4.79 Å². The van der Waals surface area contributed by atoms with E-state index in [1.54, 1.807) is 48.5 Å². The van der Waals surface area contributed by atoms with E-state index >= 15 is 0 Å². The van der Waals surface area contributed by atoms with Crippen LogP contribution in [0, 0.1) is 16.2 Å². The van der Waals surface area contributed by atoms with Gasteiger partial charge in [0.05, 0.1) is 16.4 Å². The van der Waals surface area contributed by atoms with E-state index in [0.29, 0.717) is 29.0 Å². The van der Waals surface area contributed by atoms with E-state index in [4.69, 9.17) is 5.26 Å². The highest BCUT2D eigenvalue weighted by atomic mass is 16.3.